The van der Waals surface area contributed by atoms with E-state index >= 15 is 0 Å². The third-order valence-corrected chi connectivity index (χ3v) is 8.25. The Morgan fingerprint density at radius 2 is 2.00 bits per heavy atom. The number of carboxylic acids is 1. The topological polar surface area (TPSA) is 150 Å². The number of aliphatic hydroxyl groups excluding tert-OH is 1. The number of hydrogen-bond acceptors (Lipinski definition) is 8. The van der Waals surface area contributed by atoms with Crippen molar-refractivity contribution >= 4 is 40.1 Å². The summed E-state index contributed by atoms with van der Waals surface area (Å²) >= 11 is 0.761. The summed E-state index contributed by atoms with van der Waals surface area (Å²) in [5.41, 5.74) is -0.742. The molecule has 0 bridgehead atoms. The summed E-state index contributed by atoms with van der Waals surface area (Å²) in [6, 6.07) is 5.55. The molecule has 4 N–H and O–H groups in total. The van der Waals surface area contributed by atoms with Gasteiger partial charge >= 0.3 is 18.2 Å². The van der Waals surface area contributed by atoms with Crippen LogP contribution in [0.1, 0.15) is 41.9 Å². The number of aliphatic hydroxyl groups is 1. The SMILES string of the molecule is CCNC(=O)Nc1cc(-c2nc(C(F)(F)F)cs2)c(-c2ccc3c(c2)c(=O)c(C(=O)O)cn3C2CCCN(CCO)C2)cn1. The number of aromatic carboxylic acids is 1. The number of nitrogens with zero attached hydrogens (tertiary/aromatic N) is 4. The van der Waals surface area contributed by atoms with Crippen LogP contribution in [0.5, 0.6) is 0 Å². The van der Waals surface area contributed by atoms with E-state index in [1.165, 1.54) is 24.5 Å². The van der Waals surface area contributed by atoms with Gasteiger partial charge in [-0.15, -0.1) is 11.3 Å². The second kappa shape index (κ2) is 12.7. The van der Waals surface area contributed by atoms with E-state index in [9.17, 15) is 37.8 Å². The van der Waals surface area contributed by atoms with Gasteiger partial charge in [-0.3, -0.25) is 15.0 Å². The molecule has 1 aromatic carbocycles. The third-order valence-electron chi connectivity index (χ3n) is 7.37. The summed E-state index contributed by atoms with van der Waals surface area (Å²) in [5, 5.41) is 25.4. The van der Waals surface area contributed by atoms with Gasteiger partial charge in [0.2, 0.25) is 5.43 Å². The molecule has 1 aliphatic heterocycles. The normalized spacial score (nSPS) is 15.8. The Hall–Kier alpha value is -4.34. The highest BCUT2D eigenvalue weighted by molar-refractivity contribution is 7.13. The number of thiazole rings is 1. The number of β-amino-alcohol motifs (C(OH)–C–C–N with tert-alkyl or cyclic N) is 1. The number of urea groups is 1. The van der Waals surface area contributed by atoms with Crippen LogP contribution in [-0.2, 0) is 6.18 Å². The molecule has 0 saturated carbocycles. The summed E-state index contributed by atoms with van der Waals surface area (Å²) in [7, 11) is 0. The fourth-order valence-corrected chi connectivity index (χ4v) is 6.22. The number of rotatable bonds is 8. The van der Waals surface area contributed by atoms with Crippen LogP contribution in [-0.4, -0.2) is 74.4 Å². The maximum absolute atomic E-state index is 13.4. The number of carbonyl (C=O) groups excluding carboxylic acids is 1. The zero-order chi connectivity index (χ0) is 31.6. The largest absolute Gasteiger partial charge is 0.477 e. The summed E-state index contributed by atoms with van der Waals surface area (Å²) in [6.45, 7) is 3.86. The predicted octanol–water partition coefficient (Wildman–Crippen LogP) is 4.67. The molecule has 5 rings (SSSR count). The van der Waals surface area contributed by atoms with Gasteiger partial charge in [-0.2, -0.15) is 13.2 Å². The monoisotopic (exact) mass is 630 g/mol. The van der Waals surface area contributed by atoms with Crippen LogP contribution in [0.2, 0.25) is 0 Å². The van der Waals surface area contributed by atoms with Gasteiger partial charge in [0.15, 0.2) is 5.69 Å². The molecule has 4 heterocycles. The quantitative estimate of drug-likeness (QED) is 0.219. The molecule has 1 saturated heterocycles. The average molecular weight is 631 g/mol. The molecule has 0 spiro atoms. The molecule has 1 aliphatic rings. The summed E-state index contributed by atoms with van der Waals surface area (Å²) in [4.78, 5) is 47.8. The first-order valence-electron chi connectivity index (χ1n) is 13.8. The molecule has 1 fully saturated rings. The average Bonchev–Trinajstić information content (AvgIpc) is 3.49. The molecule has 15 heteroatoms. The number of fused-ring (bicyclic) bond motifs is 1. The molecule has 1 unspecified atom stereocenters. The molecule has 2 amide bonds. The number of carboxylic acid groups (broad SMARTS) is 1. The van der Waals surface area contributed by atoms with Crippen molar-refractivity contribution < 1.29 is 33.0 Å². The zero-order valence-electron chi connectivity index (χ0n) is 23.5. The molecule has 11 nitrogen and oxygen atoms in total. The molecule has 1 atom stereocenters. The van der Waals surface area contributed by atoms with Gasteiger partial charge in [0.25, 0.3) is 0 Å². The van der Waals surface area contributed by atoms with Gasteiger partial charge < -0.3 is 20.1 Å². The number of pyridine rings is 2. The maximum Gasteiger partial charge on any atom is 0.434 e. The summed E-state index contributed by atoms with van der Waals surface area (Å²) in [6.07, 6.45) is -0.404. The minimum Gasteiger partial charge on any atom is -0.477 e. The minimum absolute atomic E-state index is 0.0108. The number of alkyl halides is 3. The number of halogens is 3. The van der Waals surface area contributed by atoms with E-state index in [0.29, 0.717) is 36.3 Å². The fourth-order valence-electron chi connectivity index (χ4n) is 5.36. The number of carbonyl (C=O) groups is 2. The number of aromatic nitrogens is 3. The molecule has 4 aromatic rings. The fraction of sp³-hybridized carbons (Fsp3) is 0.345. The molecule has 44 heavy (non-hydrogen) atoms. The van der Waals surface area contributed by atoms with Crippen LogP contribution < -0.4 is 16.1 Å². The van der Waals surface area contributed by atoms with E-state index < -0.39 is 34.9 Å². The lowest BCUT2D eigenvalue weighted by molar-refractivity contribution is -0.140. The van der Waals surface area contributed by atoms with Crippen molar-refractivity contribution in [2.45, 2.75) is 32.0 Å². The van der Waals surface area contributed by atoms with Gasteiger partial charge in [0.1, 0.15) is 16.4 Å². The Bertz CT molecular complexity index is 1770. The summed E-state index contributed by atoms with van der Waals surface area (Å²) < 4.78 is 42.0. The van der Waals surface area contributed by atoms with Crippen molar-refractivity contribution in [2.75, 3.05) is 38.1 Å². The van der Waals surface area contributed by atoms with Crippen LogP contribution in [0.25, 0.3) is 32.6 Å². The molecular formula is C29H29F3N6O5S. The van der Waals surface area contributed by atoms with Gasteiger partial charge in [-0.05, 0) is 50.1 Å². The Balaban J connectivity index is 1.66. The Morgan fingerprint density at radius 3 is 2.68 bits per heavy atom. The van der Waals surface area contributed by atoms with Crippen LogP contribution in [0.15, 0.2) is 46.8 Å². The van der Waals surface area contributed by atoms with E-state index in [-0.39, 0.29) is 34.4 Å². The first kappa shape index (κ1) is 31.1. The second-order valence-corrected chi connectivity index (χ2v) is 11.1. The van der Waals surface area contributed by atoms with Crippen molar-refractivity contribution in [1.82, 2.24) is 24.8 Å². The standard InChI is InChI=1S/C29H29F3N6O5S/c1-2-33-28(43)36-24-11-18(26-35-23(15-44-26)29(30,31)32)20(12-34-24)16-5-6-22-19(10-16)25(40)21(27(41)42)14-38(22)17-4-3-7-37(13-17)8-9-39/h5-6,10-12,14-15,17,39H,2-4,7-9,13H2,1H3,(H,41,42)(H2,33,34,36,43). The van der Waals surface area contributed by atoms with Crippen molar-refractivity contribution in [1.29, 1.82) is 0 Å². The molecule has 0 radical (unpaired) electrons. The first-order valence-corrected chi connectivity index (χ1v) is 14.7. The van der Waals surface area contributed by atoms with Crippen LogP contribution in [0.4, 0.5) is 23.8 Å². The number of hydrogen-bond donors (Lipinski definition) is 4. The highest BCUT2D eigenvalue weighted by atomic mass is 32.1. The van der Waals surface area contributed by atoms with Crippen LogP contribution in [0.3, 0.4) is 0 Å². The lowest BCUT2D eigenvalue weighted by Crippen LogP contribution is -2.38. The molecule has 0 aliphatic carbocycles. The van der Waals surface area contributed by atoms with Gasteiger partial charge in [-0.25, -0.2) is 19.6 Å². The Morgan fingerprint density at radius 1 is 1.20 bits per heavy atom. The highest BCUT2D eigenvalue weighted by Crippen LogP contribution is 2.39. The minimum atomic E-state index is -4.67. The second-order valence-electron chi connectivity index (χ2n) is 10.3. The zero-order valence-corrected chi connectivity index (χ0v) is 24.3. The maximum atomic E-state index is 13.4. The van der Waals surface area contributed by atoms with E-state index in [2.05, 4.69) is 25.5 Å². The van der Waals surface area contributed by atoms with Crippen LogP contribution in [0, 0.1) is 0 Å². The van der Waals surface area contributed by atoms with E-state index in [4.69, 9.17) is 0 Å². The number of benzene rings is 1. The van der Waals surface area contributed by atoms with Crippen LogP contribution >= 0.6 is 11.3 Å². The summed E-state index contributed by atoms with van der Waals surface area (Å²) in [5.74, 6) is -1.32. The van der Waals surface area contributed by atoms with Crippen molar-refractivity contribution in [3.8, 4) is 21.7 Å². The lowest BCUT2D eigenvalue weighted by atomic mass is 9.98. The lowest BCUT2D eigenvalue weighted by Gasteiger charge is -2.34. The third kappa shape index (κ3) is 6.44. The van der Waals surface area contributed by atoms with Crippen molar-refractivity contribution in [3.05, 3.63) is 63.5 Å². The number of likely N-dealkylation sites (tertiary alicyclic amines) is 1. The van der Waals surface area contributed by atoms with Crippen molar-refractivity contribution in [3.63, 3.8) is 0 Å². The smallest absolute Gasteiger partial charge is 0.434 e. The van der Waals surface area contributed by atoms with Gasteiger partial charge in [0, 0.05) is 60.0 Å². The van der Waals surface area contributed by atoms with Gasteiger partial charge in [-0.1, -0.05) is 6.07 Å². The van der Waals surface area contributed by atoms with E-state index in [1.54, 1.807) is 23.6 Å². The molecule has 232 valence electrons. The Labute approximate surface area is 253 Å². The highest BCUT2D eigenvalue weighted by Gasteiger charge is 2.34. The number of piperidine rings is 1. The predicted molar refractivity (Wildman–Crippen MR) is 159 cm³/mol. The Kier molecular flexibility index (Phi) is 8.99. The number of nitrogens with one attached hydrogen (secondary N) is 2. The number of amides is 2. The van der Waals surface area contributed by atoms with Gasteiger partial charge in [0.05, 0.1) is 12.1 Å². The van der Waals surface area contributed by atoms with Crippen molar-refractivity contribution in [2.24, 2.45) is 0 Å². The van der Waals surface area contributed by atoms with E-state index in [0.717, 1.165) is 36.1 Å². The molecular weight excluding hydrogens is 601 g/mol. The first-order chi connectivity index (χ1) is 21.0. The molecule has 3 aromatic heterocycles. The number of anilines is 1. The van der Waals surface area contributed by atoms with E-state index in [1.807, 2.05) is 0 Å².